The number of hydrogen-bond acceptors (Lipinski definition) is 13. The van der Waals surface area contributed by atoms with Crippen molar-refractivity contribution in [1.82, 2.24) is 0 Å². The maximum absolute atomic E-state index is 11.0. The summed E-state index contributed by atoms with van der Waals surface area (Å²) in [5.74, 6) is 1.64. The van der Waals surface area contributed by atoms with Gasteiger partial charge in [0.15, 0.2) is 12.6 Å². The lowest BCUT2D eigenvalue weighted by atomic mass is 9.39. The first kappa shape index (κ1) is 43.8. The predicted octanol–water partition coefficient (Wildman–Crippen LogP) is 2.00. The van der Waals surface area contributed by atoms with Gasteiger partial charge in [0.25, 0.3) is 0 Å². The number of fused-ring (bicyclic) bond motifs is 5. The summed E-state index contributed by atoms with van der Waals surface area (Å²) < 4.78 is 23.6. The van der Waals surface area contributed by atoms with Crippen LogP contribution >= 0.6 is 0 Å². The normalized spacial score (nSPS) is 50.0. The molecule has 0 radical (unpaired) electrons. The summed E-state index contributed by atoms with van der Waals surface area (Å²) in [5, 5.41) is 94.4. The minimum absolute atomic E-state index is 0.0133. The summed E-state index contributed by atoms with van der Waals surface area (Å²) in [6, 6.07) is 0. The largest absolute Gasteiger partial charge is 0.394 e. The molecule has 0 aromatic heterocycles. The molecule has 0 amide bonds. The summed E-state index contributed by atoms with van der Waals surface area (Å²) in [4.78, 5) is 0. The molecule has 55 heavy (non-hydrogen) atoms. The second kappa shape index (κ2) is 16.0. The van der Waals surface area contributed by atoms with E-state index in [4.69, 9.17) is 18.9 Å². The van der Waals surface area contributed by atoms with Crippen LogP contribution in [-0.4, -0.2) is 139 Å². The molecule has 0 spiro atoms. The van der Waals surface area contributed by atoms with Crippen LogP contribution in [0.3, 0.4) is 0 Å². The van der Waals surface area contributed by atoms with Gasteiger partial charge >= 0.3 is 0 Å². The van der Waals surface area contributed by atoms with Gasteiger partial charge in [-0.3, -0.25) is 0 Å². The first-order valence-electron chi connectivity index (χ1n) is 21.0. The van der Waals surface area contributed by atoms with Crippen LogP contribution in [-0.2, 0) is 18.9 Å². The third-order valence-corrected chi connectivity index (χ3v) is 16.5. The Morgan fingerprint density at radius 1 is 0.745 bits per heavy atom. The summed E-state index contributed by atoms with van der Waals surface area (Å²) >= 11 is 0. The van der Waals surface area contributed by atoms with E-state index in [9.17, 15) is 46.0 Å². The minimum Gasteiger partial charge on any atom is -0.394 e. The topological polar surface area (TPSA) is 219 Å². The Morgan fingerprint density at radius 2 is 1.36 bits per heavy atom. The second-order valence-electron chi connectivity index (χ2n) is 20.0. The van der Waals surface area contributed by atoms with Crippen LogP contribution in [0.4, 0.5) is 0 Å². The zero-order valence-corrected chi connectivity index (χ0v) is 34.2. The van der Waals surface area contributed by atoms with Crippen LogP contribution in [0.15, 0.2) is 11.6 Å². The third-order valence-electron chi connectivity index (χ3n) is 16.5. The summed E-state index contributed by atoms with van der Waals surface area (Å²) in [6.45, 7) is 17.0. The van der Waals surface area contributed by atoms with Gasteiger partial charge in [0.1, 0.15) is 48.8 Å². The molecule has 13 heteroatoms. The van der Waals surface area contributed by atoms with Crippen LogP contribution in [0.25, 0.3) is 0 Å². The van der Waals surface area contributed by atoms with E-state index < -0.39 is 92.2 Å². The van der Waals surface area contributed by atoms with Crippen molar-refractivity contribution in [3.8, 4) is 0 Å². The monoisotopic (exact) mass is 784 g/mol. The molecule has 9 N–H and O–H groups in total. The molecule has 0 aromatic rings. The molecule has 318 valence electrons. The molecule has 0 bridgehead atoms. The lowest BCUT2D eigenvalue weighted by Gasteiger charge is -2.66. The molecule has 20 atom stereocenters. The Hall–Kier alpha value is -0.780. The Balaban J connectivity index is 1.14. The van der Waals surface area contributed by atoms with Crippen molar-refractivity contribution < 1.29 is 64.9 Å². The van der Waals surface area contributed by atoms with Crippen LogP contribution in [0.5, 0.6) is 0 Å². The molecule has 0 aromatic carbocycles. The number of aliphatic hydroxyl groups is 9. The molecule has 6 rings (SSSR count). The fourth-order valence-electron chi connectivity index (χ4n) is 12.7. The Morgan fingerprint density at radius 3 is 2.00 bits per heavy atom. The van der Waals surface area contributed by atoms with Crippen LogP contribution in [0.2, 0.25) is 0 Å². The maximum atomic E-state index is 11.0. The van der Waals surface area contributed by atoms with Gasteiger partial charge in [-0.05, 0) is 97.2 Å². The van der Waals surface area contributed by atoms with Gasteiger partial charge in [0, 0.05) is 5.41 Å². The molecule has 13 nitrogen and oxygen atoms in total. The third kappa shape index (κ3) is 7.31. The average Bonchev–Trinajstić information content (AvgIpc) is 3.42. The zero-order chi connectivity index (χ0) is 40.6. The number of rotatable bonds is 11. The standard InChI is InChI=1S/C42H72O13/c1-20(2)30(45)25(44)17-21(3)22-13-14-42(8)28-11-9-23-24(40(28,6)15-16-41(22,42)7)10-12-29(39(23,4)5)55-38-36(51)34(49)32(47)27(54-38)19-52-37-35(50)33(48)31(46)26(18-43)53-37/h9,20-22,24-38,43-51H,10-19H2,1-8H3. The SMILES string of the molecule is CC(C)C(O)C(O)CC(C)C1CCC2(C)C3CC=C4C(CCC(OC5OC(COC6OC(CO)C(O)C(O)C6O)C(O)C(O)C5O)C4(C)C)C3(C)CCC12C. The highest BCUT2D eigenvalue weighted by Gasteiger charge is 2.67. The van der Waals surface area contributed by atoms with Crippen LogP contribution in [0.1, 0.15) is 107 Å². The number of hydrogen-bond donors (Lipinski definition) is 9. The van der Waals surface area contributed by atoms with Crippen LogP contribution < -0.4 is 0 Å². The van der Waals surface area contributed by atoms with Gasteiger partial charge < -0.3 is 64.9 Å². The fraction of sp³-hybridized carbons (Fsp3) is 0.952. The van der Waals surface area contributed by atoms with E-state index in [0.717, 1.165) is 38.5 Å². The van der Waals surface area contributed by atoms with E-state index in [1.807, 2.05) is 13.8 Å². The number of ether oxygens (including phenoxy) is 4. The Kier molecular flexibility index (Phi) is 12.7. The summed E-state index contributed by atoms with van der Waals surface area (Å²) in [5.41, 5.74) is 1.27. The highest BCUT2D eigenvalue weighted by atomic mass is 16.7. The molecule has 2 heterocycles. The molecule has 5 fully saturated rings. The van der Waals surface area contributed by atoms with Crippen molar-refractivity contribution in [3.63, 3.8) is 0 Å². The van der Waals surface area contributed by atoms with E-state index >= 15 is 0 Å². The molecule has 20 unspecified atom stereocenters. The number of allylic oxidation sites excluding steroid dienone is 1. The fourth-order valence-corrected chi connectivity index (χ4v) is 12.7. The Bertz CT molecular complexity index is 1360. The van der Waals surface area contributed by atoms with Gasteiger partial charge in [0.2, 0.25) is 0 Å². The summed E-state index contributed by atoms with van der Waals surface area (Å²) in [7, 11) is 0. The van der Waals surface area contributed by atoms with E-state index in [1.165, 1.54) is 5.57 Å². The van der Waals surface area contributed by atoms with E-state index in [1.54, 1.807) is 0 Å². The number of aliphatic hydroxyl groups excluding tert-OH is 9. The average molecular weight is 785 g/mol. The zero-order valence-electron chi connectivity index (χ0n) is 34.2. The van der Waals surface area contributed by atoms with Crippen molar-refractivity contribution in [3.05, 3.63) is 11.6 Å². The first-order chi connectivity index (χ1) is 25.6. The second-order valence-corrected chi connectivity index (χ2v) is 20.0. The molecule has 2 saturated heterocycles. The quantitative estimate of drug-likeness (QED) is 0.137. The lowest BCUT2D eigenvalue weighted by Crippen LogP contribution is -2.63. The highest BCUT2D eigenvalue weighted by molar-refractivity contribution is 5.30. The smallest absolute Gasteiger partial charge is 0.187 e. The molecular weight excluding hydrogens is 712 g/mol. The molecular formula is C42H72O13. The maximum Gasteiger partial charge on any atom is 0.187 e. The van der Waals surface area contributed by atoms with Gasteiger partial charge in [-0.1, -0.05) is 67.0 Å². The van der Waals surface area contributed by atoms with Crippen molar-refractivity contribution in [2.75, 3.05) is 13.2 Å². The Labute approximate surface area is 327 Å². The van der Waals surface area contributed by atoms with Crippen LogP contribution in [0, 0.1) is 51.2 Å². The van der Waals surface area contributed by atoms with Crippen molar-refractivity contribution >= 4 is 0 Å². The van der Waals surface area contributed by atoms with Gasteiger partial charge in [-0.15, -0.1) is 0 Å². The van der Waals surface area contributed by atoms with E-state index in [2.05, 4.69) is 47.6 Å². The molecule has 3 saturated carbocycles. The predicted molar refractivity (Wildman–Crippen MR) is 201 cm³/mol. The first-order valence-corrected chi connectivity index (χ1v) is 21.0. The van der Waals surface area contributed by atoms with Crippen molar-refractivity contribution in [2.24, 2.45) is 51.2 Å². The molecule has 4 aliphatic carbocycles. The van der Waals surface area contributed by atoms with E-state index in [0.29, 0.717) is 36.5 Å². The van der Waals surface area contributed by atoms with Gasteiger partial charge in [0.05, 0.1) is 31.5 Å². The minimum atomic E-state index is -1.65. The molecule has 2 aliphatic heterocycles. The molecule has 6 aliphatic rings. The lowest BCUT2D eigenvalue weighted by molar-refractivity contribution is -0.340. The summed E-state index contributed by atoms with van der Waals surface area (Å²) in [6.07, 6.45) is -6.33. The van der Waals surface area contributed by atoms with Crippen molar-refractivity contribution in [1.29, 1.82) is 0 Å². The van der Waals surface area contributed by atoms with Gasteiger partial charge in [-0.25, -0.2) is 0 Å². The van der Waals surface area contributed by atoms with E-state index in [-0.39, 0.29) is 28.3 Å². The van der Waals surface area contributed by atoms with Gasteiger partial charge in [-0.2, -0.15) is 0 Å². The van der Waals surface area contributed by atoms with Crippen molar-refractivity contribution in [2.45, 2.75) is 186 Å². The highest BCUT2D eigenvalue weighted by Crippen LogP contribution is 2.75.